The van der Waals surface area contributed by atoms with E-state index in [9.17, 15) is 4.39 Å². The summed E-state index contributed by atoms with van der Waals surface area (Å²) < 4.78 is 13.2. The summed E-state index contributed by atoms with van der Waals surface area (Å²) in [5.74, 6) is 3.26. The van der Waals surface area contributed by atoms with Crippen LogP contribution in [0.5, 0.6) is 0 Å². The van der Waals surface area contributed by atoms with Gasteiger partial charge >= 0.3 is 0 Å². The SMILES string of the molecule is C#CCNC1CCc2c(SCc3cccc(F)c3)cccc21. The number of halogens is 1. The van der Waals surface area contributed by atoms with Crippen LogP contribution < -0.4 is 5.32 Å². The molecule has 112 valence electrons. The van der Waals surface area contributed by atoms with E-state index in [0.717, 1.165) is 24.2 Å². The third-order valence-electron chi connectivity index (χ3n) is 3.96. The predicted octanol–water partition coefficient (Wildman–Crippen LogP) is 4.33. The minimum Gasteiger partial charge on any atom is -0.299 e. The van der Waals surface area contributed by atoms with E-state index in [1.165, 1.54) is 22.1 Å². The molecule has 0 radical (unpaired) electrons. The van der Waals surface area contributed by atoms with E-state index < -0.39 is 0 Å². The van der Waals surface area contributed by atoms with Crippen LogP contribution in [-0.4, -0.2) is 6.54 Å². The van der Waals surface area contributed by atoms with Crippen LogP contribution in [0, 0.1) is 18.2 Å². The van der Waals surface area contributed by atoms with Crippen LogP contribution in [0.1, 0.15) is 29.2 Å². The molecule has 3 rings (SSSR count). The van der Waals surface area contributed by atoms with Crippen LogP contribution >= 0.6 is 11.8 Å². The predicted molar refractivity (Wildman–Crippen MR) is 90.3 cm³/mol. The maximum atomic E-state index is 13.2. The van der Waals surface area contributed by atoms with Gasteiger partial charge in [0.2, 0.25) is 0 Å². The highest BCUT2D eigenvalue weighted by atomic mass is 32.2. The summed E-state index contributed by atoms with van der Waals surface area (Å²) in [7, 11) is 0. The van der Waals surface area contributed by atoms with Crippen molar-refractivity contribution in [3.8, 4) is 12.3 Å². The van der Waals surface area contributed by atoms with E-state index in [2.05, 4.69) is 29.4 Å². The van der Waals surface area contributed by atoms with Crippen molar-refractivity contribution in [2.45, 2.75) is 29.5 Å². The zero-order chi connectivity index (χ0) is 15.4. The Morgan fingerprint density at radius 1 is 1.27 bits per heavy atom. The van der Waals surface area contributed by atoms with Gasteiger partial charge in [-0.1, -0.05) is 30.2 Å². The largest absolute Gasteiger partial charge is 0.299 e. The first-order chi connectivity index (χ1) is 10.8. The second-order valence-electron chi connectivity index (χ2n) is 5.42. The number of thioether (sulfide) groups is 1. The van der Waals surface area contributed by atoms with Crippen LogP contribution in [-0.2, 0) is 12.2 Å². The molecule has 22 heavy (non-hydrogen) atoms. The van der Waals surface area contributed by atoms with Crippen LogP contribution in [0.4, 0.5) is 4.39 Å². The summed E-state index contributed by atoms with van der Waals surface area (Å²) in [5, 5.41) is 3.40. The molecule has 0 spiro atoms. The van der Waals surface area contributed by atoms with E-state index in [4.69, 9.17) is 6.42 Å². The Hall–Kier alpha value is -1.76. The van der Waals surface area contributed by atoms with Gasteiger partial charge in [0.25, 0.3) is 0 Å². The quantitative estimate of drug-likeness (QED) is 0.651. The van der Waals surface area contributed by atoms with Crippen molar-refractivity contribution in [3.63, 3.8) is 0 Å². The molecule has 3 heteroatoms. The number of terminal acetylenes is 1. The van der Waals surface area contributed by atoms with Crippen LogP contribution in [0.3, 0.4) is 0 Å². The molecule has 1 atom stereocenters. The summed E-state index contributed by atoms with van der Waals surface area (Å²) in [6.07, 6.45) is 7.50. The summed E-state index contributed by atoms with van der Waals surface area (Å²) in [4.78, 5) is 1.30. The number of hydrogen-bond donors (Lipinski definition) is 1. The highest BCUT2D eigenvalue weighted by Gasteiger charge is 2.23. The highest BCUT2D eigenvalue weighted by Crippen LogP contribution is 2.38. The van der Waals surface area contributed by atoms with Crippen molar-refractivity contribution in [2.75, 3.05) is 6.54 Å². The van der Waals surface area contributed by atoms with E-state index >= 15 is 0 Å². The highest BCUT2D eigenvalue weighted by molar-refractivity contribution is 7.98. The van der Waals surface area contributed by atoms with Gasteiger partial charge in [0, 0.05) is 16.7 Å². The zero-order valence-electron chi connectivity index (χ0n) is 12.3. The molecule has 0 saturated carbocycles. The minimum absolute atomic E-state index is 0.171. The minimum atomic E-state index is -0.171. The van der Waals surface area contributed by atoms with Gasteiger partial charge in [-0.15, -0.1) is 18.2 Å². The lowest BCUT2D eigenvalue weighted by Crippen LogP contribution is -2.19. The lowest BCUT2D eigenvalue weighted by Gasteiger charge is -2.13. The summed E-state index contributed by atoms with van der Waals surface area (Å²) in [5.41, 5.74) is 3.79. The number of nitrogens with one attached hydrogen (secondary N) is 1. The zero-order valence-corrected chi connectivity index (χ0v) is 13.1. The Bertz CT molecular complexity index is 705. The summed E-state index contributed by atoms with van der Waals surface area (Å²) >= 11 is 1.78. The Balaban J connectivity index is 1.73. The monoisotopic (exact) mass is 311 g/mol. The Kier molecular flexibility index (Phi) is 4.82. The van der Waals surface area contributed by atoms with Gasteiger partial charge in [-0.05, 0) is 47.7 Å². The standard InChI is InChI=1S/C19H18FNS/c1-2-11-21-18-10-9-17-16(18)7-4-8-19(17)22-13-14-5-3-6-15(20)12-14/h1,3-8,12,18,21H,9-11,13H2. The number of benzene rings is 2. The Morgan fingerprint density at radius 3 is 2.95 bits per heavy atom. The molecule has 1 aliphatic rings. The van der Waals surface area contributed by atoms with Crippen molar-refractivity contribution in [1.29, 1.82) is 0 Å². The molecule has 0 aromatic heterocycles. The molecular weight excluding hydrogens is 293 g/mol. The van der Waals surface area contributed by atoms with Gasteiger partial charge in [-0.3, -0.25) is 5.32 Å². The van der Waals surface area contributed by atoms with Crippen molar-refractivity contribution in [1.82, 2.24) is 5.32 Å². The third kappa shape index (κ3) is 3.35. The molecule has 1 N–H and O–H groups in total. The molecule has 1 aliphatic carbocycles. The number of rotatable bonds is 5. The van der Waals surface area contributed by atoms with Crippen LogP contribution in [0.25, 0.3) is 0 Å². The first-order valence-electron chi connectivity index (χ1n) is 7.44. The van der Waals surface area contributed by atoms with E-state index in [1.807, 2.05) is 6.07 Å². The maximum absolute atomic E-state index is 13.2. The summed E-state index contributed by atoms with van der Waals surface area (Å²) in [6.45, 7) is 0.602. The molecule has 0 amide bonds. The molecule has 0 heterocycles. The molecule has 0 fully saturated rings. The van der Waals surface area contributed by atoms with E-state index in [0.29, 0.717) is 12.6 Å². The average molecular weight is 311 g/mol. The van der Waals surface area contributed by atoms with Crippen molar-refractivity contribution in [3.05, 3.63) is 65.0 Å². The normalized spacial score (nSPS) is 16.3. The molecule has 2 aromatic carbocycles. The molecule has 1 nitrogen and oxygen atoms in total. The van der Waals surface area contributed by atoms with Crippen LogP contribution in [0.2, 0.25) is 0 Å². The van der Waals surface area contributed by atoms with Crippen molar-refractivity contribution >= 4 is 11.8 Å². The second-order valence-corrected chi connectivity index (χ2v) is 6.44. The van der Waals surface area contributed by atoms with Gasteiger partial charge < -0.3 is 0 Å². The van der Waals surface area contributed by atoms with Crippen LogP contribution in [0.15, 0.2) is 47.4 Å². The molecule has 0 aliphatic heterocycles. The Morgan fingerprint density at radius 2 is 2.14 bits per heavy atom. The fourth-order valence-electron chi connectivity index (χ4n) is 2.94. The van der Waals surface area contributed by atoms with Gasteiger partial charge in [0.15, 0.2) is 0 Å². The van der Waals surface area contributed by atoms with Crippen molar-refractivity contribution in [2.24, 2.45) is 0 Å². The third-order valence-corrected chi connectivity index (χ3v) is 5.13. The van der Waals surface area contributed by atoms with Gasteiger partial charge in [-0.2, -0.15) is 0 Å². The van der Waals surface area contributed by atoms with Gasteiger partial charge in [0.05, 0.1) is 6.54 Å². The topological polar surface area (TPSA) is 12.0 Å². The smallest absolute Gasteiger partial charge is 0.123 e. The summed E-state index contributed by atoms with van der Waals surface area (Å²) in [6, 6.07) is 13.6. The first-order valence-corrected chi connectivity index (χ1v) is 8.42. The fourth-order valence-corrected chi connectivity index (χ4v) is 4.01. The molecular formula is C19H18FNS. The molecule has 2 aromatic rings. The van der Waals surface area contributed by atoms with Gasteiger partial charge in [0.1, 0.15) is 5.82 Å². The van der Waals surface area contributed by atoms with E-state index in [-0.39, 0.29) is 5.82 Å². The second kappa shape index (κ2) is 7.00. The van der Waals surface area contributed by atoms with E-state index in [1.54, 1.807) is 23.9 Å². The lowest BCUT2D eigenvalue weighted by atomic mass is 10.1. The van der Waals surface area contributed by atoms with Gasteiger partial charge in [-0.25, -0.2) is 4.39 Å². The molecule has 0 bridgehead atoms. The maximum Gasteiger partial charge on any atom is 0.123 e. The molecule has 1 unspecified atom stereocenters. The number of fused-ring (bicyclic) bond motifs is 1. The van der Waals surface area contributed by atoms with Crippen molar-refractivity contribution < 1.29 is 4.39 Å². The fraction of sp³-hybridized carbons (Fsp3) is 0.263. The first kappa shape index (κ1) is 15.1. The average Bonchev–Trinajstić information content (AvgIpc) is 2.95. The lowest BCUT2D eigenvalue weighted by molar-refractivity contribution is 0.568. The number of hydrogen-bond acceptors (Lipinski definition) is 2. The molecule has 0 saturated heterocycles. The Labute approximate surface area is 135 Å².